The van der Waals surface area contributed by atoms with Crippen LogP contribution in [0.15, 0.2) is 46.3 Å². The van der Waals surface area contributed by atoms with Crippen LogP contribution in [-0.4, -0.2) is 47.7 Å². The van der Waals surface area contributed by atoms with Gasteiger partial charge in [0.2, 0.25) is 5.91 Å². The second kappa shape index (κ2) is 9.27. The van der Waals surface area contributed by atoms with Gasteiger partial charge in [0.15, 0.2) is 5.78 Å². The Balaban J connectivity index is 1.50. The minimum absolute atomic E-state index is 0.0108. The molecule has 0 saturated carbocycles. The van der Waals surface area contributed by atoms with Gasteiger partial charge in [-0.1, -0.05) is 34.1 Å². The highest BCUT2D eigenvalue weighted by Gasteiger charge is 2.27. The summed E-state index contributed by atoms with van der Waals surface area (Å²) in [5.41, 5.74) is 0.960. The van der Waals surface area contributed by atoms with Gasteiger partial charge in [0.1, 0.15) is 6.04 Å². The number of benzene rings is 1. The number of piperazine rings is 1. The Kier molecular flexibility index (Phi) is 6.78. The first kappa shape index (κ1) is 19.7. The van der Waals surface area contributed by atoms with Crippen LogP contribution in [0.2, 0.25) is 0 Å². The van der Waals surface area contributed by atoms with Gasteiger partial charge in [-0.25, -0.2) is 0 Å². The maximum atomic E-state index is 12.4. The Morgan fingerprint density at radius 1 is 1.11 bits per heavy atom. The lowest BCUT2D eigenvalue weighted by molar-refractivity contribution is -0.133. The Labute approximate surface area is 171 Å². The zero-order chi connectivity index (χ0) is 19.2. The first-order valence-corrected chi connectivity index (χ1v) is 10.5. The molecule has 1 amide bonds. The van der Waals surface area contributed by atoms with Crippen LogP contribution in [0.25, 0.3) is 0 Å². The van der Waals surface area contributed by atoms with Crippen molar-refractivity contribution in [1.29, 1.82) is 5.26 Å². The molecule has 3 rings (SSSR count). The number of halogens is 1. The highest BCUT2D eigenvalue weighted by molar-refractivity contribution is 9.10. The van der Waals surface area contributed by atoms with E-state index in [-0.39, 0.29) is 30.6 Å². The smallest absolute Gasteiger partial charge is 0.223 e. The predicted octanol–water partition coefficient (Wildman–Crippen LogP) is 3.88. The molecular weight excluding hydrogens is 426 g/mol. The Morgan fingerprint density at radius 2 is 1.81 bits per heavy atom. The molecule has 2 aromatic rings. The standard InChI is InChI=1S/C20H20BrN3O2S/c21-16-5-3-15(4-6-16)17(14-22)23-9-11-24(12-10-23)20(26)8-7-18(25)19-2-1-13-27-19/h1-6,13,17H,7-12H2/t17-/m1/s1. The van der Waals surface area contributed by atoms with Gasteiger partial charge in [-0.2, -0.15) is 5.26 Å². The summed E-state index contributed by atoms with van der Waals surface area (Å²) in [4.78, 5) is 29.1. The first-order valence-electron chi connectivity index (χ1n) is 8.82. The summed E-state index contributed by atoms with van der Waals surface area (Å²) >= 11 is 4.82. The quantitative estimate of drug-likeness (QED) is 0.632. The number of ketones is 1. The van der Waals surface area contributed by atoms with Gasteiger partial charge in [-0.05, 0) is 29.1 Å². The zero-order valence-electron chi connectivity index (χ0n) is 14.8. The van der Waals surface area contributed by atoms with Gasteiger partial charge in [0.25, 0.3) is 0 Å². The lowest BCUT2D eigenvalue weighted by Crippen LogP contribution is -2.49. The molecule has 140 valence electrons. The van der Waals surface area contributed by atoms with Crippen LogP contribution in [0, 0.1) is 11.3 Å². The second-order valence-corrected chi connectivity index (χ2v) is 8.26. The van der Waals surface area contributed by atoms with Crippen molar-refractivity contribution in [1.82, 2.24) is 9.80 Å². The average Bonchev–Trinajstić information content (AvgIpc) is 3.23. The van der Waals surface area contributed by atoms with Gasteiger partial charge in [0.05, 0.1) is 10.9 Å². The summed E-state index contributed by atoms with van der Waals surface area (Å²) in [7, 11) is 0. The predicted molar refractivity (Wildman–Crippen MR) is 109 cm³/mol. The van der Waals surface area contributed by atoms with E-state index in [1.807, 2.05) is 35.7 Å². The molecule has 2 heterocycles. The highest BCUT2D eigenvalue weighted by atomic mass is 79.9. The molecule has 0 aliphatic carbocycles. The fraction of sp³-hybridized carbons (Fsp3) is 0.350. The molecule has 0 bridgehead atoms. The molecule has 0 N–H and O–H groups in total. The number of nitrogens with zero attached hydrogens (tertiary/aromatic N) is 3. The van der Waals surface area contributed by atoms with Gasteiger partial charge < -0.3 is 4.90 Å². The maximum Gasteiger partial charge on any atom is 0.223 e. The lowest BCUT2D eigenvalue weighted by atomic mass is 10.1. The van der Waals surface area contributed by atoms with Crippen molar-refractivity contribution in [2.45, 2.75) is 18.9 Å². The third-order valence-electron chi connectivity index (χ3n) is 4.70. The van der Waals surface area contributed by atoms with E-state index < -0.39 is 0 Å². The fourth-order valence-corrected chi connectivity index (χ4v) is 4.14. The first-order chi connectivity index (χ1) is 13.1. The van der Waals surface area contributed by atoms with Crippen molar-refractivity contribution < 1.29 is 9.59 Å². The number of carbonyl (C=O) groups excluding carboxylic acids is 2. The normalized spacial score (nSPS) is 15.9. The molecular formula is C20H20BrN3O2S. The highest BCUT2D eigenvalue weighted by Crippen LogP contribution is 2.23. The average molecular weight is 446 g/mol. The summed E-state index contributed by atoms with van der Waals surface area (Å²) in [6, 6.07) is 13.5. The third-order valence-corrected chi connectivity index (χ3v) is 6.14. The van der Waals surface area contributed by atoms with E-state index in [2.05, 4.69) is 26.9 Å². The van der Waals surface area contributed by atoms with Crippen molar-refractivity contribution in [3.63, 3.8) is 0 Å². The fourth-order valence-electron chi connectivity index (χ4n) is 3.18. The van der Waals surface area contributed by atoms with Gasteiger partial charge >= 0.3 is 0 Å². The van der Waals surface area contributed by atoms with Gasteiger partial charge in [0, 0.05) is 43.5 Å². The minimum Gasteiger partial charge on any atom is -0.340 e. The monoisotopic (exact) mass is 445 g/mol. The van der Waals surface area contributed by atoms with Crippen molar-refractivity contribution in [3.05, 3.63) is 56.7 Å². The van der Waals surface area contributed by atoms with Crippen molar-refractivity contribution >= 4 is 39.0 Å². The van der Waals surface area contributed by atoms with E-state index in [0.717, 1.165) is 10.0 Å². The zero-order valence-corrected chi connectivity index (χ0v) is 17.2. The minimum atomic E-state index is -0.309. The number of thiophene rings is 1. The number of Topliss-reactive ketones (excluding diaryl/α,β-unsaturated/α-hetero) is 1. The molecule has 1 aromatic carbocycles. The Bertz CT molecular complexity index is 822. The number of hydrogen-bond donors (Lipinski definition) is 0. The van der Waals surface area contributed by atoms with E-state index in [1.54, 1.807) is 11.0 Å². The van der Waals surface area contributed by atoms with Gasteiger partial charge in [-0.15, -0.1) is 11.3 Å². The Hall–Kier alpha value is -2.01. The van der Waals surface area contributed by atoms with E-state index in [9.17, 15) is 14.9 Å². The summed E-state index contributed by atoms with van der Waals surface area (Å²) in [5.74, 6) is 0.0356. The summed E-state index contributed by atoms with van der Waals surface area (Å²) in [5, 5.41) is 11.5. The molecule has 0 radical (unpaired) electrons. The summed E-state index contributed by atoms with van der Waals surface area (Å²) < 4.78 is 0.982. The van der Waals surface area contributed by atoms with Crippen LogP contribution < -0.4 is 0 Å². The molecule has 1 aliphatic heterocycles. The molecule has 0 unspecified atom stereocenters. The van der Waals surface area contributed by atoms with Gasteiger partial charge in [-0.3, -0.25) is 14.5 Å². The number of rotatable bonds is 6. The van der Waals surface area contributed by atoms with E-state index in [0.29, 0.717) is 31.1 Å². The van der Waals surface area contributed by atoms with Crippen molar-refractivity contribution in [3.8, 4) is 6.07 Å². The molecule has 1 atom stereocenters. The second-order valence-electron chi connectivity index (χ2n) is 6.40. The molecule has 7 heteroatoms. The maximum absolute atomic E-state index is 12.4. The summed E-state index contributed by atoms with van der Waals surface area (Å²) in [6.07, 6.45) is 0.490. The van der Waals surface area contributed by atoms with Crippen LogP contribution in [0.5, 0.6) is 0 Å². The topological polar surface area (TPSA) is 64.4 Å². The number of amides is 1. The summed E-state index contributed by atoms with van der Waals surface area (Å²) in [6.45, 7) is 2.47. The third kappa shape index (κ3) is 5.04. The molecule has 5 nitrogen and oxygen atoms in total. The van der Waals surface area contributed by atoms with E-state index >= 15 is 0 Å². The van der Waals surface area contributed by atoms with Crippen LogP contribution in [0.4, 0.5) is 0 Å². The molecule has 1 saturated heterocycles. The van der Waals surface area contributed by atoms with Crippen molar-refractivity contribution in [2.75, 3.05) is 26.2 Å². The molecule has 1 aliphatic rings. The van der Waals surface area contributed by atoms with Crippen LogP contribution in [-0.2, 0) is 4.79 Å². The van der Waals surface area contributed by atoms with E-state index in [1.165, 1.54) is 11.3 Å². The SMILES string of the molecule is N#C[C@H](c1ccc(Br)cc1)N1CCN(C(=O)CCC(=O)c2cccs2)CC1. The molecule has 1 aromatic heterocycles. The lowest BCUT2D eigenvalue weighted by Gasteiger charge is -2.37. The largest absolute Gasteiger partial charge is 0.340 e. The molecule has 27 heavy (non-hydrogen) atoms. The van der Waals surface area contributed by atoms with Crippen LogP contribution in [0.3, 0.4) is 0 Å². The van der Waals surface area contributed by atoms with Crippen LogP contribution >= 0.6 is 27.3 Å². The molecule has 1 fully saturated rings. The number of hydrogen-bond acceptors (Lipinski definition) is 5. The Morgan fingerprint density at radius 3 is 2.41 bits per heavy atom. The van der Waals surface area contributed by atoms with Crippen molar-refractivity contribution in [2.24, 2.45) is 0 Å². The molecule has 0 spiro atoms. The number of carbonyl (C=O) groups is 2. The van der Waals surface area contributed by atoms with E-state index in [4.69, 9.17) is 0 Å². The van der Waals surface area contributed by atoms with Crippen LogP contribution in [0.1, 0.15) is 34.1 Å². The number of nitriles is 1.